The molecular formula is C28H32ClN5O5S2. The minimum Gasteiger partial charge on any atom is -0.497 e. The van der Waals surface area contributed by atoms with Gasteiger partial charge in [-0.3, -0.25) is 0 Å². The highest BCUT2D eigenvalue weighted by Gasteiger charge is 2.34. The molecular weight excluding hydrogens is 586 g/mol. The normalized spacial score (nSPS) is 16.9. The summed E-state index contributed by atoms with van der Waals surface area (Å²) < 4.78 is 58.8. The Labute approximate surface area is 246 Å². The Hall–Kier alpha value is -3.45. The van der Waals surface area contributed by atoms with Crippen LogP contribution in [0.25, 0.3) is 0 Å². The summed E-state index contributed by atoms with van der Waals surface area (Å²) in [5.74, 6) is -0.429. The average Bonchev–Trinajstić information content (AvgIpc) is 3.38. The number of benzene rings is 3. The lowest BCUT2D eigenvalue weighted by atomic mass is 9.90. The number of halogens is 1. The molecule has 1 heterocycles. The van der Waals surface area contributed by atoms with Crippen LogP contribution in [0.5, 0.6) is 5.75 Å². The third-order valence-electron chi connectivity index (χ3n) is 6.56. The van der Waals surface area contributed by atoms with Crippen LogP contribution in [0.1, 0.15) is 30.9 Å². The van der Waals surface area contributed by atoms with Gasteiger partial charge in [0.05, 0.1) is 36.1 Å². The van der Waals surface area contributed by atoms with Gasteiger partial charge in [0.25, 0.3) is 10.0 Å². The second-order valence-electron chi connectivity index (χ2n) is 9.91. The van der Waals surface area contributed by atoms with Gasteiger partial charge in [0.1, 0.15) is 5.75 Å². The van der Waals surface area contributed by atoms with E-state index in [9.17, 15) is 16.8 Å². The summed E-state index contributed by atoms with van der Waals surface area (Å²) in [4.78, 5) is 4.55. The molecule has 3 aromatic rings. The van der Waals surface area contributed by atoms with Gasteiger partial charge in [-0.15, -0.1) is 0 Å². The van der Waals surface area contributed by atoms with E-state index in [2.05, 4.69) is 9.71 Å². The van der Waals surface area contributed by atoms with E-state index < -0.39 is 31.8 Å². The maximum absolute atomic E-state index is 13.5. The zero-order valence-electron chi connectivity index (χ0n) is 22.8. The first-order valence-corrected chi connectivity index (χ1v) is 16.4. The fourth-order valence-corrected chi connectivity index (χ4v) is 6.39. The lowest BCUT2D eigenvalue weighted by Gasteiger charge is -2.23. The molecule has 0 amide bonds. The second kappa shape index (κ2) is 12.6. The monoisotopic (exact) mass is 617 g/mol. The lowest BCUT2D eigenvalue weighted by Crippen LogP contribution is -2.43. The van der Waals surface area contributed by atoms with Crippen molar-refractivity contribution < 1.29 is 21.6 Å². The van der Waals surface area contributed by atoms with Crippen molar-refractivity contribution in [3.05, 3.63) is 95.0 Å². The standard InChI is InChI=1S/C28H32ClN5O5S2/c1-19(2)26(18-40(30,35)36)31-28(33-41(37,38)24-15-11-22(29)12-16-24)34-17-25(20-7-5-4-6-8-20)27(32-34)21-9-13-23(39-3)14-10-21/h4-16,19,25-26H,17-18H2,1-3H3,(H,31,33)(H2,30,35,36)/t25-,26-/m1/s1. The average molecular weight is 618 g/mol. The number of hydrazone groups is 1. The van der Waals surface area contributed by atoms with Crippen LogP contribution >= 0.6 is 11.6 Å². The van der Waals surface area contributed by atoms with E-state index in [0.29, 0.717) is 16.5 Å². The van der Waals surface area contributed by atoms with Crippen LogP contribution in [-0.2, 0) is 20.0 Å². The number of hydrogen-bond donors (Lipinski definition) is 2. The van der Waals surface area contributed by atoms with Crippen LogP contribution < -0.4 is 14.6 Å². The Morgan fingerprint density at radius 3 is 2.24 bits per heavy atom. The van der Waals surface area contributed by atoms with Crippen LogP contribution in [0.3, 0.4) is 0 Å². The molecule has 0 saturated carbocycles. The molecule has 10 nitrogen and oxygen atoms in total. The molecule has 0 aliphatic carbocycles. The maximum atomic E-state index is 13.5. The van der Waals surface area contributed by atoms with Gasteiger partial charge < -0.3 is 4.74 Å². The largest absolute Gasteiger partial charge is 0.497 e. The van der Waals surface area contributed by atoms with Crippen molar-refractivity contribution in [1.29, 1.82) is 0 Å². The van der Waals surface area contributed by atoms with Gasteiger partial charge in [0, 0.05) is 10.9 Å². The number of nitrogens with zero attached hydrogens (tertiary/aromatic N) is 3. The van der Waals surface area contributed by atoms with Crippen molar-refractivity contribution in [2.75, 3.05) is 19.4 Å². The van der Waals surface area contributed by atoms with E-state index in [1.165, 1.54) is 29.3 Å². The molecule has 2 atom stereocenters. The molecule has 0 radical (unpaired) electrons. The fourth-order valence-electron chi connectivity index (χ4n) is 4.32. The summed E-state index contributed by atoms with van der Waals surface area (Å²) in [5, 5.41) is 12.0. The molecule has 1 aliphatic rings. The van der Waals surface area contributed by atoms with Gasteiger partial charge >= 0.3 is 0 Å². The molecule has 0 spiro atoms. The summed E-state index contributed by atoms with van der Waals surface area (Å²) in [6.07, 6.45) is 0. The number of aliphatic imine (C=N–C) groups is 1. The van der Waals surface area contributed by atoms with Crippen LogP contribution in [0.15, 0.2) is 93.9 Å². The van der Waals surface area contributed by atoms with Gasteiger partial charge in [-0.25, -0.2) is 36.7 Å². The van der Waals surface area contributed by atoms with Crippen molar-refractivity contribution in [2.45, 2.75) is 30.7 Å². The van der Waals surface area contributed by atoms with E-state index in [4.69, 9.17) is 26.6 Å². The highest BCUT2D eigenvalue weighted by atomic mass is 35.5. The van der Waals surface area contributed by atoms with E-state index in [0.717, 1.165) is 11.1 Å². The minimum atomic E-state index is -4.15. The summed E-state index contributed by atoms with van der Waals surface area (Å²) in [5.41, 5.74) is 2.46. The Morgan fingerprint density at radius 2 is 1.68 bits per heavy atom. The summed E-state index contributed by atoms with van der Waals surface area (Å²) >= 11 is 5.96. The first-order chi connectivity index (χ1) is 19.4. The number of guanidine groups is 1. The van der Waals surface area contributed by atoms with Gasteiger partial charge in [-0.05, 0) is 65.6 Å². The minimum absolute atomic E-state index is 0.0414. The summed E-state index contributed by atoms with van der Waals surface area (Å²) in [6.45, 7) is 3.81. The van der Waals surface area contributed by atoms with Gasteiger partial charge in [0.15, 0.2) is 0 Å². The number of primary sulfonamides is 1. The van der Waals surface area contributed by atoms with Gasteiger partial charge in [-0.1, -0.05) is 55.8 Å². The molecule has 13 heteroatoms. The molecule has 0 aromatic heterocycles. The SMILES string of the molecule is COc1ccc(C2=NN(/C(=N\[C@H](CS(N)(=O)=O)C(C)C)NS(=O)(=O)c3ccc(Cl)cc3)C[C@@H]2c2ccccc2)cc1. The van der Waals surface area contributed by atoms with Crippen LogP contribution in [-0.4, -0.2) is 59.0 Å². The molecule has 0 fully saturated rings. The molecule has 0 unspecified atom stereocenters. The molecule has 3 aromatic carbocycles. The fraction of sp³-hybridized carbons (Fsp3) is 0.286. The summed E-state index contributed by atoms with van der Waals surface area (Å²) in [6, 6.07) is 21.9. The van der Waals surface area contributed by atoms with Crippen LogP contribution in [0, 0.1) is 5.92 Å². The van der Waals surface area contributed by atoms with Crippen molar-refractivity contribution in [3.8, 4) is 5.75 Å². The molecule has 3 N–H and O–H groups in total. The Balaban J connectivity index is 1.82. The molecule has 218 valence electrons. The topological polar surface area (TPSA) is 144 Å². The molecule has 1 aliphatic heterocycles. The Morgan fingerprint density at radius 1 is 1.05 bits per heavy atom. The molecule has 41 heavy (non-hydrogen) atoms. The van der Waals surface area contributed by atoms with E-state index in [-0.39, 0.29) is 29.2 Å². The predicted molar refractivity (Wildman–Crippen MR) is 161 cm³/mol. The number of nitrogens with two attached hydrogens (primary N) is 1. The van der Waals surface area contributed by atoms with Crippen molar-refractivity contribution in [1.82, 2.24) is 9.73 Å². The van der Waals surface area contributed by atoms with E-state index >= 15 is 0 Å². The number of hydrogen-bond acceptors (Lipinski definition) is 7. The van der Waals surface area contributed by atoms with E-state index in [1.807, 2.05) is 54.6 Å². The molecule has 4 rings (SSSR count). The number of methoxy groups -OCH3 is 1. The Kier molecular flexibility index (Phi) is 9.37. The van der Waals surface area contributed by atoms with E-state index in [1.54, 1.807) is 21.0 Å². The third kappa shape index (κ3) is 7.85. The number of nitrogens with one attached hydrogen (secondary N) is 1. The second-order valence-corrected chi connectivity index (χ2v) is 13.7. The zero-order chi connectivity index (χ0) is 29.8. The predicted octanol–water partition coefficient (Wildman–Crippen LogP) is 3.80. The van der Waals surface area contributed by atoms with Crippen LogP contribution in [0.2, 0.25) is 5.02 Å². The van der Waals surface area contributed by atoms with Gasteiger partial charge in [0.2, 0.25) is 16.0 Å². The molecule has 0 saturated heterocycles. The highest BCUT2D eigenvalue weighted by molar-refractivity contribution is 7.90. The highest BCUT2D eigenvalue weighted by Crippen LogP contribution is 2.30. The number of rotatable bonds is 9. The lowest BCUT2D eigenvalue weighted by molar-refractivity contribution is 0.415. The van der Waals surface area contributed by atoms with Crippen molar-refractivity contribution in [2.24, 2.45) is 21.2 Å². The quantitative estimate of drug-likeness (QED) is 0.276. The number of sulfonamides is 2. The van der Waals surface area contributed by atoms with Crippen molar-refractivity contribution >= 4 is 43.3 Å². The first kappa shape index (κ1) is 30.5. The Bertz CT molecular complexity index is 1630. The number of ether oxygens (including phenoxy) is 1. The van der Waals surface area contributed by atoms with Crippen LogP contribution in [0.4, 0.5) is 0 Å². The van der Waals surface area contributed by atoms with Gasteiger partial charge in [-0.2, -0.15) is 5.10 Å². The third-order valence-corrected chi connectivity index (χ3v) is 8.96. The first-order valence-electron chi connectivity index (χ1n) is 12.8. The van der Waals surface area contributed by atoms with Crippen molar-refractivity contribution in [3.63, 3.8) is 0 Å². The smallest absolute Gasteiger partial charge is 0.264 e. The molecule has 0 bridgehead atoms. The summed E-state index contributed by atoms with van der Waals surface area (Å²) in [7, 11) is -6.48. The zero-order valence-corrected chi connectivity index (χ0v) is 25.2. The maximum Gasteiger partial charge on any atom is 0.264 e.